The molecule has 0 radical (unpaired) electrons. The molecule has 2 aromatic heterocycles. The van der Waals surface area contributed by atoms with Gasteiger partial charge in [-0.3, -0.25) is 9.55 Å². The Morgan fingerprint density at radius 3 is 1.84 bits per heavy atom. The van der Waals surface area contributed by atoms with E-state index < -0.39 is 99.5 Å². The van der Waals surface area contributed by atoms with E-state index in [2.05, 4.69) is 6.07 Å². The van der Waals surface area contributed by atoms with Crippen molar-refractivity contribution in [3.05, 3.63) is 217 Å². The molecular formula is C64H56N3OPt-. The number of aromatic nitrogens is 3. The van der Waals surface area contributed by atoms with E-state index in [0.717, 1.165) is 4.57 Å². The summed E-state index contributed by atoms with van der Waals surface area (Å²) in [5.74, 6) is -2.23. The maximum atomic E-state index is 13.0. The number of rotatable bonds is 8. The summed E-state index contributed by atoms with van der Waals surface area (Å²) in [5.41, 5.74) is -7.09. The maximum absolute atomic E-state index is 13.0. The fourth-order valence-electron chi connectivity index (χ4n) is 8.58. The number of benzene rings is 8. The Hall–Kier alpha value is -7.13. The van der Waals surface area contributed by atoms with Crippen LogP contribution in [-0.4, -0.2) is 19.6 Å². The average Bonchev–Trinajstić information content (AvgIpc) is 1.20. The molecule has 0 bridgehead atoms. The number of nitrogens with zero attached hydrogens (tertiary/aromatic N) is 3. The van der Waals surface area contributed by atoms with E-state index in [0.29, 0.717) is 61.8 Å². The minimum Gasteiger partial charge on any atom is -0.507 e. The van der Waals surface area contributed by atoms with Crippen LogP contribution in [0.2, 0.25) is 0 Å². The molecule has 344 valence electrons. The summed E-state index contributed by atoms with van der Waals surface area (Å²) in [6.45, 7) is -30.7. The topological polar surface area (TPSA) is 50.9 Å². The summed E-state index contributed by atoms with van der Waals surface area (Å²) in [7, 11) is 0. The van der Waals surface area contributed by atoms with Gasteiger partial charge in [0.2, 0.25) is 0 Å². The Balaban J connectivity index is 0.0000102. The smallest absolute Gasteiger partial charge is 0.148 e. The maximum Gasteiger partial charge on any atom is 0.148 e. The van der Waals surface area contributed by atoms with Gasteiger partial charge < -0.3 is 5.11 Å². The number of para-hydroxylation sites is 1. The molecule has 2 heterocycles. The minimum atomic E-state index is -4.27. The third-order valence-corrected chi connectivity index (χ3v) is 12.0. The van der Waals surface area contributed by atoms with Crippen LogP contribution < -0.4 is 0 Å². The van der Waals surface area contributed by atoms with Crippen molar-refractivity contribution in [2.24, 2.45) is 0 Å². The van der Waals surface area contributed by atoms with Crippen molar-refractivity contribution in [3.8, 4) is 89.7 Å². The van der Waals surface area contributed by atoms with Crippen molar-refractivity contribution in [1.29, 1.82) is 0 Å². The molecule has 0 aliphatic rings. The summed E-state index contributed by atoms with van der Waals surface area (Å²) in [5, 5.41) is 13.0. The Morgan fingerprint density at radius 2 is 1.14 bits per heavy atom. The van der Waals surface area contributed by atoms with Gasteiger partial charge in [-0.25, -0.2) is 4.98 Å². The summed E-state index contributed by atoms with van der Waals surface area (Å²) in [6.07, 6.45) is 1.57. The van der Waals surface area contributed by atoms with Crippen LogP contribution in [0.4, 0.5) is 0 Å². The molecule has 69 heavy (non-hydrogen) atoms. The molecule has 0 unspecified atom stereocenters. The largest absolute Gasteiger partial charge is 0.507 e. The van der Waals surface area contributed by atoms with Crippen molar-refractivity contribution in [2.75, 3.05) is 0 Å². The molecule has 0 saturated carbocycles. The summed E-state index contributed by atoms with van der Waals surface area (Å²) >= 11 is 0. The van der Waals surface area contributed by atoms with Gasteiger partial charge in [0.15, 0.2) is 0 Å². The summed E-state index contributed by atoms with van der Waals surface area (Å²) < 4.78 is 211. The molecule has 0 spiro atoms. The molecule has 10 aromatic rings. The molecule has 0 fully saturated rings. The molecule has 10 rings (SSSR count). The zero-order chi connectivity index (χ0) is 67.3. The van der Waals surface area contributed by atoms with E-state index in [9.17, 15) is 5.11 Å². The van der Waals surface area contributed by atoms with Gasteiger partial charge in [0.1, 0.15) is 11.6 Å². The van der Waals surface area contributed by atoms with Crippen LogP contribution in [0, 0.1) is 19.8 Å². The van der Waals surface area contributed by atoms with Crippen LogP contribution in [0.15, 0.2) is 188 Å². The van der Waals surface area contributed by atoms with Crippen LogP contribution >= 0.6 is 0 Å². The number of pyridine rings is 1. The van der Waals surface area contributed by atoms with Crippen molar-refractivity contribution in [3.63, 3.8) is 0 Å². The molecule has 0 aliphatic carbocycles. The van der Waals surface area contributed by atoms with E-state index in [4.69, 9.17) is 42.9 Å². The van der Waals surface area contributed by atoms with Gasteiger partial charge in [0.05, 0.1) is 22.3 Å². The molecule has 0 aliphatic heterocycles. The van der Waals surface area contributed by atoms with Crippen LogP contribution in [0.1, 0.15) is 96.3 Å². The predicted molar refractivity (Wildman–Crippen MR) is 284 cm³/mol. The Morgan fingerprint density at radius 1 is 0.507 bits per heavy atom. The number of aryl methyl sites for hydroxylation is 2. The number of fused-ring (bicyclic) bond motifs is 1. The molecule has 8 aromatic carbocycles. The molecule has 0 saturated heterocycles. The zero-order valence-corrected chi connectivity index (χ0v) is 38.8. The van der Waals surface area contributed by atoms with Gasteiger partial charge in [0.25, 0.3) is 0 Å². The van der Waals surface area contributed by atoms with Crippen LogP contribution in [0.3, 0.4) is 0 Å². The first-order valence-corrected chi connectivity index (χ1v) is 21.5. The Labute approximate surface area is 455 Å². The van der Waals surface area contributed by atoms with Gasteiger partial charge in [-0.2, -0.15) is 0 Å². The first-order valence-electron chi connectivity index (χ1n) is 33.5. The van der Waals surface area contributed by atoms with Crippen LogP contribution in [-0.2, 0) is 31.9 Å². The molecule has 5 heteroatoms. The SMILES string of the molecule is [2H]C([2H])([2H])c1ccc(-c2ccnc(-c3[c-]c(-c4cccc5c4nc(-c4cc(C(C([2H])([2H])[2H])(C([2H])([2H])[2H])C([2H])([2H])[2H])cc(C(C([2H])([2H])[2H])(C([2H])([2H])[2H])C([2H])([2H])[2H])c4O)n5-c4ccc(-c5ccccc5)cc4C([2H])([2H])[2H])cc(-c4ccccc4)c3)c2)cc1-c1ccccc1.[Pt]. The standard InChI is InChI=1S/C64H56N3O.Pt/c1-41-27-28-47(37-54(41)45-23-16-11-17-24-45)48-31-32-65-57(38-48)51-35-49(44-21-14-10-15-22-44)34-50(36-51)53-25-18-26-59-60(53)66-62(55-39-52(63(3,4)5)40-56(61(55)68)64(6,7)8)67(59)58-30-29-46(33-42(58)2)43-19-12-9-13-20-43;/h9-35,37-40,68H,1-8H3;/q-1;/i1D3,2D3,3D3,4D3,5D3,6D3,7D3,8D3;. The normalized spacial score (nSPS) is 18.3. The Kier molecular flexibility index (Phi) is 7.07. The van der Waals surface area contributed by atoms with E-state index in [1.54, 1.807) is 103 Å². The van der Waals surface area contributed by atoms with Crippen molar-refractivity contribution < 1.29 is 59.1 Å². The number of phenols is 1. The van der Waals surface area contributed by atoms with Gasteiger partial charge >= 0.3 is 0 Å². The summed E-state index contributed by atoms with van der Waals surface area (Å²) in [6, 6.07) is 52.1. The predicted octanol–water partition coefficient (Wildman–Crippen LogP) is 16.8. The quantitative estimate of drug-likeness (QED) is 0.154. The fourth-order valence-corrected chi connectivity index (χ4v) is 8.58. The number of aromatic hydroxyl groups is 1. The first kappa shape index (κ1) is 26.0. The summed E-state index contributed by atoms with van der Waals surface area (Å²) in [4.78, 5) is 9.81. The molecule has 0 atom stereocenters. The van der Waals surface area contributed by atoms with Gasteiger partial charge in [-0.15, -0.1) is 23.8 Å². The second-order valence-electron chi connectivity index (χ2n) is 16.6. The molecule has 1 N–H and O–H groups in total. The zero-order valence-electron chi connectivity index (χ0n) is 60.5. The van der Waals surface area contributed by atoms with Crippen molar-refractivity contribution >= 4 is 11.0 Å². The fraction of sp³-hybridized carbons (Fsp3) is 0.156. The van der Waals surface area contributed by atoms with Gasteiger partial charge in [-0.05, 0) is 117 Å². The second kappa shape index (κ2) is 18.7. The van der Waals surface area contributed by atoms with Crippen molar-refractivity contribution in [2.45, 2.75) is 65.6 Å². The van der Waals surface area contributed by atoms with Gasteiger partial charge in [0, 0.05) is 71.4 Å². The third kappa shape index (κ3) is 9.27. The van der Waals surface area contributed by atoms with E-state index in [-0.39, 0.29) is 60.5 Å². The molecule has 0 amide bonds. The van der Waals surface area contributed by atoms with Crippen LogP contribution in [0.25, 0.3) is 95.0 Å². The number of hydrogen-bond donors (Lipinski definition) is 1. The monoisotopic (exact) mass is 1100 g/mol. The number of imidazole rings is 1. The second-order valence-corrected chi connectivity index (χ2v) is 16.6. The van der Waals surface area contributed by atoms with E-state index in [1.807, 2.05) is 54.6 Å². The van der Waals surface area contributed by atoms with E-state index in [1.165, 1.54) is 18.2 Å². The van der Waals surface area contributed by atoms with Crippen LogP contribution in [0.5, 0.6) is 5.75 Å². The third-order valence-electron chi connectivity index (χ3n) is 12.0. The average molecular weight is 1100 g/mol. The van der Waals surface area contributed by atoms with Crippen molar-refractivity contribution in [1.82, 2.24) is 14.5 Å². The van der Waals surface area contributed by atoms with E-state index >= 15 is 0 Å². The van der Waals surface area contributed by atoms with Gasteiger partial charge in [-0.1, -0.05) is 191 Å². The number of phenolic OH excluding ortho intramolecular Hbond substituents is 1. The molecule has 4 nitrogen and oxygen atoms in total. The number of hydrogen-bond acceptors (Lipinski definition) is 3. The first-order chi connectivity index (χ1) is 42.6. The minimum absolute atomic E-state index is 0. The molecular weight excluding hydrogens is 1020 g/mol. The Bertz CT molecular complexity index is 4340.